The molecular formula is C34H46N2O6. The third kappa shape index (κ3) is 7.57. The fourth-order valence-electron chi connectivity index (χ4n) is 6.53. The highest BCUT2D eigenvalue weighted by Gasteiger charge is 2.34. The standard InChI is InChI=1S/C34H46N2O6/c1-23(2)17-27-22-41-16-15-36(27)34(39)30-10-9-28(40-3)19-32(30)35-13-11-24(12-14-35)21-42-29-6-4-5-26(18-29)31(20-33(37)38)25-7-8-25/h4-6,9-10,18-19,23-25,27,31H,7-8,11-17,20-22H2,1-3H3,(H,37,38). The number of aliphatic carboxylic acids is 1. The Kier molecular flexibility index (Phi) is 9.93. The Bertz CT molecular complexity index is 1220. The summed E-state index contributed by atoms with van der Waals surface area (Å²) in [6.45, 7) is 8.44. The van der Waals surface area contributed by atoms with E-state index in [2.05, 4.69) is 18.7 Å². The molecule has 8 heteroatoms. The number of hydrogen-bond acceptors (Lipinski definition) is 6. The van der Waals surface area contributed by atoms with E-state index in [9.17, 15) is 14.7 Å². The van der Waals surface area contributed by atoms with Crippen molar-refractivity contribution in [1.29, 1.82) is 0 Å². The summed E-state index contributed by atoms with van der Waals surface area (Å²) >= 11 is 0. The SMILES string of the molecule is COc1ccc(C(=O)N2CCOCC2CC(C)C)c(N2CCC(COc3cccc(C(CC(=O)O)C4CC4)c3)CC2)c1. The lowest BCUT2D eigenvalue weighted by Crippen LogP contribution is -2.49. The van der Waals surface area contributed by atoms with E-state index in [1.54, 1.807) is 7.11 Å². The molecule has 3 aliphatic rings. The Morgan fingerprint density at radius 1 is 1.02 bits per heavy atom. The molecule has 1 N–H and O–H groups in total. The van der Waals surface area contributed by atoms with Gasteiger partial charge >= 0.3 is 5.97 Å². The molecule has 2 saturated heterocycles. The molecule has 1 saturated carbocycles. The monoisotopic (exact) mass is 578 g/mol. The van der Waals surface area contributed by atoms with Gasteiger partial charge in [-0.3, -0.25) is 9.59 Å². The lowest BCUT2D eigenvalue weighted by Gasteiger charge is -2.38. The van der Waals surface area contributed by atoms with Gasteiger partial charge in [0.05, 0.1) is 50.6 Å². The van der Waals surface area contributed by atoms with Crippen molar-refractivity contribution in [3.8, 4) is 11.5 Å². The molecule has 1 aliphatic carbocycles. The van der Waals surface area contributed by atoms with Crippen LogP contribution in [0.3, 0.4) is 0 Å². The van der Waals surface area contributed by atoms with Crippen LogP contribution >= 0.6 is 0 Å². The van der Waals surface area contributed by atoms with Crippen molar-refractivity contribution >= 4 is 17.6 Å². The van der Waals surface area contributed by atoms with Crippen molar-refractivity contribution in [2.24, 2.45) is 17.8 Å². The van der Waals surface area contributed by atoms with Crippen LogP contribution in [0.1, 0.15) is 74.2 Å². The van der Waals surface area contributed by atoms with Gasteiger partial charge in [0.15, 0.2) is 0 Å². The summed E-state index contributed by atoms with van der Waals surface area (Å²) in [4.78, 5) is 29.7. The predicted octanol–water partition coefficient (Wildman–Crippen LogP) is 5.85. The molecule has 3 fully saturated rings. The van der Waals surface area contributed by atoms with Crippen LogP contribution in [0.5, 0.6) is 11.5 Å². The van der Waals surface area contributed by atoms with E-state index in [1.807, 2.05) is 47.4 Å². The number of amides is 1. The first-order valence-electron chi connectivity index (χ1n) is 15.6. The molecule has 2 aromatic carbocycles. The molecule has 2 heterocycles. The summed E-state index contributed by atoms with van der Waals surface area (Å²) in [6.07, 6.45) is 5.22. The molecule has 2 unspecified atom stereocenters. The summed E-state index contributed by atoms with van der Waals surface area (Å²) < 4.78 is 17.5. The summed E-state index contributed by atoms with van der Waals surface area (Å²) in [5.74, 6) is 2.31. The smallest absolute Gasteiger partial charge is 0.303 e. The minimum Gasteiger partial charge on any atom is -0.497 e. The van der Waals surface area contributed by atoms with Gasteiger partial charge in [0, 0.05) is 25.7 Å². The maximum absolute atomic E-state index is 13.9. The molecular weight excluding hydrogens is 532 g/mol. The number of carbonyl (C=O) groups is 2. The second-order valence-corrected chi connectivity index (χ2v) is 12.6. The molecule has 228 valence electrons. The molecule has 2 aromatic rings. The normalized spacial score (nSPS) is 20.4. The Balaban J connectivity index is 1.22. The van der Waals surface area contributed by atoms with Crippen LogP contribution in [-0.4, -0.2) is 74.5 Å². The highest BCUT2D eigenvalue weighted by molar-refractivity contribution is 6.00. The number of carboxylic acids is 1. The van der Waals surface area contributed by atoms with Crippen LogP contribution in [-0.2, 0) is 9.53 Å². The van der Waals surface area contributed by atoms with Crippen LogP contribution in [0.15, 0.2) is 42.5 Å². The first kappa shape index (κ1) is 30.2. The fourth-order valence-corrected chi connectivity index (χ4v) is 6.53. The van der Waals surface area contributed by atoms with Gasteiger partial charge in [-0.15, -0.1) is 0 Å². The summed E-state index contributed by atoms with van der Waals surface area (Å²) in [7, 11) is 1.66. The molecule has 1 amide bonds. The Labute approximate surface area is 249 Å². The zero-order valence-electron chi connectivity index (χ0n) is 25.3. The molecule has 0 bridgehead atoms. The first-order chi connectivity index (χ1) is 20.3. The van der Waals surface area contributed by atoms with E-state index in [0.717, 1.165) is 73.5 Å². The highest BCUT2D eigenvalue weighted by Crippen LogP contribution is 2.45. The lowest BCUT2D eigenvalue weighted by atomic mass is 9.91. The van der Waals surface area contributed by atoms with E-state index in [4.69, 9.17) is 14.2 Å². The van der Waals surface area contributed by atoms with Crippen molar-refractivity contribution in [3.63, 3.8) is 0 Å². The molecule has 2 atom stereocenters. The van der Waals surface area contributed by atoms with Gasteiger partial charge in [-0.25, -0.2) is 0 Å². The van der Waals surface area contributed by atoms with Crippen LogP contribution in [0, 0.1) is 17.8 Å². The Morgan fingerprint density at radius 3 is 2.50 bits per heavy atom. The number of benzene rings is 2. The molecule has 0 spiro atoms. The first-order valence-corrected chi connectivity index (χ1v) is 15.6. The van der Waals surface area contributed by atoms with Crippen LogP contribution in [0.25, 0.3) is 0 Å². The van der Waals surface area contributed by atoms with Crippen molar-refractivity contribution in [3.05, 3.63) is 53.6 Å². The Morgan fingerprint density at radius 2 is 1.81 bits per heavy atom. The number of piperidine rings is 1. The number of carbonyl (C=O) groups excluding carboxylic acids is 1. The molecule has 5 rings (SSSR count). The fraction of sp³-hybridized carbons (Fsp3) is 0.588. The minimum atomic E-state index is -0.744. The van der Waals surface area contributed by atoms with Crippen molar-refractivity contribution in [2.45, 2.75) is 64.3 Å². The summed E-state index contributed by atoms with van der Waals surface area (Å²) in [5.41, 5.74) is 2.73. The van der Waals surface area contributed by atoms with Gasteiger partial charge in [0.2, 0.25) is 0 Å². The number of carboxylic acid groups (broad SMARTS) is 1. The van der Waals surface area contributed by atoms with Gasteiger partial charge in [-0.1, -0.05) is 26.0 Å². The van der Waals surface area contributed by atoms with Gasteiger partial charge < -0.3 is 29.1 Å². The van der Waals surface area contributed by atoms with E-state index in [-0.39, 0.29) is 24.3 Å². The molecule has 0 radical (unpaired) electrons. The van der Waals surface area contributed by atoms with Crippen molar-refractivity contribution in [2.75, 3.05) is 51.5 Å². The second kappa shape index (κ2) is 13.8. The van der Waals surface area contributed by atoms with Gasteiger partial charge in [-0.05, 0) is 85.6 Å². The minimum absolute atomic E-state index is 0.0622. The number of anilines is 1. The van der Waals surface area contributed by atoms with Gasteiger partial charge in [-0.2, -0.15) is 0 Å². The largest absolute Gasteiger partial charge is 0.497 e. The maximum atomic E-state index is 13.9. The van der Waals surface area contributed by atoms with E-state index in [0.29, 0.717) is 44.1 Å². The molecule has 0 aromatic heterocycles. The third-order valence-corrected chi connectivity index (χ3v) is 8.98. The molecule has 2 aliphatic heterocycles. The number of nitrogens with zero attached hydrogens (tertiary/aromatic N) is 2. The number of methoxy groups -OCH3 is 1. The van der Waals surface area contributed by atoms with Crippen LogP contribution in [0.2, 0.25) is 0 Å². The highest BCUT2D eigenvalue weighted by atomic mass is 16.5. The molecule has 8 nitrogen and oxygen atoms in total. The summed E-state index contributed by atoms with van der Waals surface area (Å²) in [5, 5.41) is 9.39. The van der Waals surface area contributed by atoms with Gasteiger partial charge in [0.1, 0.15) is 11.5 Å². The zero-order chi connectivity index (χ0) is 29.6. The number of hydrogen-bond donors (Lipinski definition) is 1. The number of morpholine rings is 1. The van der Waals surface area contributed by atoms with E-state index >= 15 is 0 Å². The summed E-state index contributed by atoms with van der Waals surface area (Å²) in [6, 6.07) is 13.9. The number of rotatable bonds is 12. The second-order valence-electron chi connectivity index (χ2n) is 12.6. The predicted molar refractivity (Wildman–Crippen MR) is 163 cm³/mol. The van der Waals surface area contributed by atoms with E-state index < -0.39 is 5.97 Å². The van der Waals surface area contributed by atoms with Gasteiger partial charge in [0.25, 0.3) is 5.91 Å². The van der Waals surface area contributed by atoms with Crippen molar-refractivity contribution < 1.29 is 28.9 Å². The lowest BCUT2D eigenvalue weighted by molar-refractivity contribution is -0.137. The average molecular weight is 579 g/mol. The van der Waals surface area contributed by atoms with Crippen LogP contribution in [0.4, 0.5) is 5.69 Å². The Hall–Kier alpha value is -3.26. The zero-order valence-corrected chi connectivity index (χ0v) is 25.3. The molecule has 42 heavy (non-hydrogen) atoms. The van der Waals surface area contributed by atoms with E-state index in [1.165, 1.54) is 0 Å². The van der Waals surface area contributed by atoms with Crippen molar-refractivity contribution in [1.82, 2.24) is 4.90 Å². The quantitative estimate of drug-likeness (QED) is 0.338. The third-order valence-electron chi connectivity index (χ3n) is 8.98. The van der Waals surface area contributed by atoms with Crippen LogP contribution < -0.4 is 14.4 Å². The average Bonchev–Trinajstić information content (AvgIpc) is 3.84. The number of ether oxygens (including phenoxy) is 3. The topological polar surface area (TPSA) is 88.5 Å². The maximum Gasteiger partial charge on any atom is 0.303 e.